The minimum Gasteiger partial charge on any atom is -0.453 e. The summed E-state index contributed by atoms with van der Waals surface area (Å²) in [7, 11) is 1.62. The first kappa shape index (κ1) is 23.3. The SMILES string of the molecule is CCc1nn(CCOCOCCOC)c(CC)c1Oc1cc(C#N)cc(C(N)=O)c1. The number of ether oxygens (including phenoxy) is 4. The van der Waals surface area contributed by atoms with Gasteiger partial charge in [0.2, 0.25) is 5.91 Å². The van der Waals surface area contributed by atoms with Crippen LogP contribution in [0, 0.1) is 11.3 Å². The van der Waals surface area contributed by atoms with Gasteiger partial charge in [-0.3, -0.25) is 9.48 Å². The Bertz CT molecular complexity index is 888. The molecular weight excluding hydrogens is 388 g/mol. The smallest absolute Gasteiger partial charge is 0.248 e. The van der Waals surface area contributed by atoms with Gasteiger partial charge in [0.15, 0.2) is 5.75 Å². The van der Waals surface area contributed by atoms with Crippen LogP contribution >= 0.6 is 0 Å². The summed E-state index contributed by atoms with van der Waals surface area (Å²) in [6.07, 6.45) is 1.35. The Kier molecular flexibility index (Phi) is 9.28. The average Bonchev–Trinajstić information content (AvgIpc) is 3.08. The summed E-state index contributed by atoms with van der Waals surface area (Å²) in [6, 6.07) is 6.56. The van der Waals surface area contributed by atoms with Gasteiger partial charge in [0.25, 0.3) is 0 Å². The Balaban J connectivity index is 2.16. The van der Waals surface area contributed by atoms with E-state index in [1.54, 1.807) is 13.2 Å². The van der Waals surface area contributed by atoms with Crippen molar-refractivity contribution < 1.29 is 23.7 Å². The molecule has 30 heavy (non-hydrogen) atoms. The molecule has 2 N–H and O–H groups in total. The van der Waals surface area contributed by atoms with E-state index in [9.17, 15) is 10.1 Å². The number of methoxy groups -OCH3 is 1. The second kappa shape index (κ2) is 11.9. The summed E-state index contributed by atoms with van der Waals surface area (Å²) < 4.78 is 23.6. The normalized spacial score (nSPS) is 10.7. The number of aromatic nitrogens is 2. The zero-order valence-electron chi connectivity index (χ0n) is 17.6. The van der Waals surface area contributed by atoms with E-state index >= 15 is 0 Å². The predicted molar refractivity (Wildman–Crippen MR) is 109 cm³/mol. The van der Waals surface area contributed by atoms with Crippen molar-refractivity contribution in [2.24, 2.45) is 5.73 Å². The molecule has 0 atom stereocenters. The first-order valence-corrected chi connectivity index (χ1v) is 9.79. The quantitative estimate of drug-likeness (QED) is 0.393. The highest BCUT2D eigenvalue weighted by Crippen LogP contribution is 2.31. The van der Waals surface area contributed by atoms with E-state index in [2.05, 4.69) is 5.10 Å². The van der Waals surface area contributed by atoms with Crippen LogP contribution < -0.4 is 10.5 Å². The van der Waals surface area contributed by atoms with Gasteiger partial charge in [-0.15, -0.1) is 0 Å². The van der Waals surface area contributed by atoms with Crippen LogP contribution in [0.15, 0.2) is 18.2 Å². The molecule has 1 amide bonds. The molecule has 0 bridgehead atoms. The van der Waals surface area contributed by atoms with Gasteiger partial charge in [-0.2, -0.15) is 10.4 Å². The van der Waals surface area contributed by atoms with E-state index in [1.807, 2.05) is 24.6 Å². The van der Waals surface area contributed by atoms with E-state index in [1.165, 1.54) is 12.1 Å². The Morgan fingerprint density at radius 3 is 2.57 bits per heavy atom. The summed E-state index contributed by atoms with van der Waals surface area (Å²) in [5.74, 6) is 0.375. The van der Waals surface area contributed by atoms with Crippen LogP contribution in [-0.2, 0) is 33.6 Å². The van der Waals surface area contributed by atoms with Crippen molar-refractivity contribution in [2.45, 2.75) is 33.2 Å². The molecule has 1 heterocycles. The van der Waals surface area contributed by atoms with Crippen molar-refractivity contribution >= 4 is 5.91 Å². The maximum Gasteiger partial charge on any atom is 0.248 e. The predicted octanol–water partition coefficient (Wildman–Crippen LogP) is 2.41. The molecule has 0 aliphatic carbocycles. The van der Waals surface area contributed by atoms with Crippen molar-refractivity contribution in [1.29, 1.82) is 5.26 Å². The van der Waals surface area contributed by atoms with Crippen LogP contribution in [0.3, 0.4) is 0 Å². The minimum atomic E-state index is -0.621. The van der Waals surface area contributed by atoms with Gasteiger partial charge < -0.3 is 24.7 Å². The maximum absolute atomic E-state index is 11.6. The Labute approximate surface area is 176 Å². The minimum absolute atomic E-state index is 0.187. The highest BCUT2D eigenvalue weighted by atomic mass is 16.7. The third-order valence-corrected chi connectivity index (χ3v) is 4.33. The molecule has 0 saturated carbocycles. The van der Waals surface area contributed by atoms with Gasteiger partial charge in [0, 0.05) is 12.7 Å². The molecule has 9 nitrogen and oxygen atoms in total. The van der Waals surface area contributed by atoms with Crippen molar-refractivity contribution in [3.63, 3.8) is 0 Å². The Hall–Kier alpha value is -2.93. The van der Waals surface area contributed by atoms with E-state index < -0.39 is 5.91 Å². The van der Waals surface area contributed by atoms with Crippen LogP contribution in [0.2, 0.25) is 0 Å². The first-order valence-electron chi connectivity index (χ1n) is 9.79. The molecule has 0 saturated heterocycles. The van der Waals surface area contributed by atoms with Crippen LogP contribution in [-0.4, -0.2) is 49.4 Å². The fourth-order valence-corrected chi connectivity index (χ4v) is 2.87. The summed E-state index contributed by atoms with van der Waals surface area (Å²) in [5.41, 5.74) is 7.57. The number of hydrogen-bond donors (Lipinski definition) is 1. The third kappa shape index (κ3) is 6.29. The zero-order valence-corrected chi connectivity index (χ0v) is 17.6. The second-order valence-corrected chi connectivity index (χ2v) is 6.40. The lowest BCUT2D eigenvalue weighted by Crippen LogP contribution is -2.13. The van der Waals surface area contributed by atoms with Crippen molar-refractivity contribution in [2.75, 3.05) is 33.7 Å². The third-order valence-electron chi connectivity index (χ3n) is 4.33. The maximum atomic E-state index is 11.6. The molecule has 0 unspecified atom stereocenters. The summed E-state index contributed by atoms with van der Waals surface area (Å²) in [4.78, 5) is 11.6. The second-order valence-electron chi connectivity index (χ2n) is 6.40. The van der Waals surface area contributed by atoms with Gasteiger partial charge in [0.05, 0.1) is 43.7 Å². The summed E-state index contributed by atoms with van der Waals surface area (Å²) in [5, 5.41) is 13.9. The molecule has 9 heteroatoms. The Morgan fingerprint density at radius 2 is 1.93 bits per heavy atom. The fraction of sp³-hybridized carbons (Fsp3) is 0.476. The first-order chi connectivity index (χ1) is 14.5. The molecular formula is C21H28N4O5. The van der Waals surface area contributed by atoms with Gasteiger partial charge in [-0.25, -0.2) is 0 Å². The number of rotatable bonds is 13. The molecule has 1 aromatic carbocycles. The number of nitrogens with zero attached hydrogens (tertiary/aromatic N) is 3. The summed E-state index contributed by atoms with van der Waals surface area (Å²) in [6.45, 7) is 6.15. The Morgan fingerprint density at radius 1 is 1.17 bits per heavy atom. The number of carbonyl (C=O) groups excluding carboxylic acids is 1. The number of hydrogen-bond acceptors (Lipinski definition) is 7. The van der Waals surface area contributed by atoms with Gasteiger partial charge in [0.1, 0.15) is 18.2 Å². The number of amides is 1. The number of primary amides is 1. The number of aryl methyl sites for hydroxylation is 1. The molecule has 162 valence electrons. The van der Waals surface area contributed by atoms with Crippen LogP contribution in [0.25, 0.3) is 0 Å². The van der Waals surface area contributed by atoms with Crippen LogP contribution in [0.5, 0.6) is 11.5 Å². The van der Waals surface area contributed by atoms with Crippen LogP contribution in [0.1, 0.15) is 41.2 Å². The molecule has 0 aliphatic rings. The highest BCUT2D eigenvalue weighted by Gasteiger charge is 2.19. The molecule has 2 rings (SSSR count). The fourth-order valence-electron chi connectivity index (χ4n) is 2.87. The molecule has 0 aliphatic heterocycles. The topological polar surface area (TPSA) is 122 Å². The number of benzene rings is 1. The van der Waals surface area contributed by atoms with Gasteiger partial charge >= 0.3 is 0 Å². The largest absolute Gasteiger partial charge is 0.453 e. The van der Waals surface area contributed by atoms with Crippen molar-refractivity contribution in [1.82, 2.24) is 9.78 Å². The van der Waals surface area contributed by atoms with E-state index in [4.69, 9.17) is 24.7 Å². The highest BCUT2D eigenvalue weighted by molar-refractivity contribution is 5.93. The lowest BCUT2D eigenvalue weighted by atomic mass is 10.1. The average molecular weight is 416 g/mol. The number of carbonyl (C=O) groups is 1. The molecule has 0 radical (unpaired) electrons. The van der Waals surface area contributed by atoms with Gasteiger partial charge in [-0.1, -0.05) is 13.8 Å². The zero-order chi connectivity index (χ0) is 21.9. The standard InChI is InChI=1S/C21H28N4O5/c1-4-18-20(30-17-11-15(13-22)10-16(12-17)21(23)26)19(5-2)25(24-18)6-7-28-14-29-9-8-27-3/h10-12H,4-9,14H2,1-3H3,(H2,23,26). The molecule has 2 aromatic rings. The molecule has 0 spiro atoms. The van der Waals surface area contributed by atoms with Crippen molar-refractivity contribution in [3.8, 4) is 17.6 Å². The molecule has 0 fully saturated rings. The van der Waals surface area contributed by atoms with Gasteiger partial charge in [-0.05, 0) is 31.0 Å². The van der Waals surface area contributed by atoms with E-state index in [-0.39, 0.29) is 12.4 Å². The lowest BCUT2D eigenvalue weighted by Gasteiger charge is -2.11. The molecule has 1 aromatic heterocycles. The number of nitrogens with two attached hydrogens (primary N) is 1. The summed E-state index contributed by atoms with van der Waals surface area (Å²) >= 11 is 0. The van der Waals surface area contributed by atoms with Crippen molar-refractivity contribution in [3.05, 3.63) is 40.7 Å². The lowest BCUT2D eigenvalue weighted by molar-refractivity contribution is -0.0679. The van der Waals surface area contributed by atoms with Crippen LogP contribution in [0.4, 0.5) is 0 Å². The number of nitriles is 1. The van der Waals surface area contributed by atoms with E-state index in [0.717, 1.165) is 11.4 Å². The monoisotopic (exact) mass is 416 g/mol. The van der Waals surface area contributed by atoms with E-state index in [0.29, 0.717) is 56.3 Å².